The molecule has 0 heterocycles. The number of unbranched alkanes of at least 4 members (excludes halogenated alkanes) is 3. The lowest BCUT2D eigenvalue weighted by Gasteiger charge is -2.15. The Hall–Kier alpha value is -1.82. The van der Waals surface area contributed by atoms with Crippen LogP contribution in [0.25, 0.3) is 16.3 Å². The van der Waals surface area contributed by atoms with Gasteiger partial charge in [-0.1, -0.05) is 81.7 Å². The molecule has 1 heteroatoms. The van der Waals surface area contributed by atoms with E-state index in [2.05, 4.69) is 37.4 Å². The zero-order valence-corrected chi connectivity index (χ0v) is 12.8. The minimum Gasteiger partial charge on any atom is -0.388 e. The third-order valence-corrected chi connectivity index (χ3v) is 3.93. The molecule has 1 atom stereocenters. The molecule has 0 bridgehead atoms. The van der Waals surface area contributed by atoms with Crippen LogP contribution in [0.1, 0.15) is 44.6 Å². The molecule has 0 aliphatic heterocycles. The van der Waals surface area contributed by atoms with E-state index in [0.717, 1.165) is 29.4 Å². The number of benzene rings is 2. The predicted octanol–water partition coefficient (Wildman–Crippen LogP) is 5.34. The molecule has 0 aliphatic rings. The Morgan fingerprint density at radius 2 is 1.86 bits per heavy atom. The highest BCUT2D eigenvalue weighted by Gasteiger charge is 2.14. The zero-order valence-electron chi connectivity index (χ0n) is 12.8. The van der Waals surface area contributed by atoms with Crippen molar-refractivity contribution < 1.29 is 5.11 Å². The Kier molecular flexibility index (Phi) is 5.80. The van der Waals surface area contributed by atoms with Gasteiger partial charge in [0, 0.05) is 5.57 Å². The summed E-state index contributed by atoms with van der Waals surface area (Å²) in [6.45, 7) is 5.98. The fraction of sp³-hybridized carbons (Fsp3) is 0.350. The average Bonchev–Trinajstić information content (AvgIpc) is 2.52. The van der Waals surface area contributed by atoms with Crippen LogP contribution >= 0.6 is 0 Å². The van der Waals surface area contributed by atoms with Gasteiger partial charge in [0.2, 0.25) is 0 Å². The van der Waals surface area contributed by atoms with Crippen LogP contribution in [0.4, 0.5) is 0 Å². The lowest BCUT2D eigenvalue weighted by Crippen LogP contribution is -2.09. The summed E-state index contributed by atoms with van der Waals surface area (Å²) in [6.07, 6.45) is 4.96. The van der Waals surface area contributed by atoms with Crippen LogP contribution in [0, 0.1) is 0 Å². The molecule has 0 aromatic heterocycles. The standard InChI is InChI=1S/C20H24O/c1-3-5-6-7-15-20(21)17(4-2)19-14-10-12-16-11-8-9-13-18(16)19/h8-14,20-21H,2-3,5-7,15H2,1H3. The summed E-state index contributed by atoms with van der Waals surface area (Å²) in [5.74, 6) is 0. The first-order chi connectivity index (χ1) is 10.3. The molecule has 1 unspecified atom stereocenters. The normalized spacial score (nSPS) is 12.1. The fourth-order valence-electron chi connectivity index (χ4n) is 2.76. The van der Waals surface area contributed by atoms with Gasteiger partial charge in [0.15, 0.2) is 0 Å². The van der Waals surface area contributed by atoms with Gasteiger partial charge in [-0.25, -0.2) is 0 Å². The molecular formula is C20H24O. The van der Waals surface area contributed by atoms with Crippen molar-refractivity contribution in [3.63, 3.8) is 0 Å². The number of aliphatic hydroxyl groups excluding tert-OH is 1. The quantitative estimate of drug-likeness (QED) is 0.536. The monoisotopic (exact) mass is 280 g/mol. The highest BCUT2D eigenvalue weighted by Crippen LogP contribution is 2.28. The Morgan fingerprint density at radius 1 is 1.10 bits per heavy atom. The molecule has 2 aromatic carbocycles. The van der Waals surface area contributed by atoms with Crippen LogP contribution in [0.3, 0.4) is 0 Å². The number of hydrogen-bond acceptors (Lipinski definition) is 1. The molecule has 0 saturated heterocycles. The first-order valence-electron chi connectivity index (χ1n) is 7.84. The first kappa shape index (κ1) is 15.6. The van der Waals surface area contributed by atoms with Crippen LogP contribution in [-0.2, 0) is 0 Å². The number of fused-ring (bicyclic) bond motifs is 1. The zero-order chi connectivity index (χ0) is 15.1. The summed E-state index contributed by atoms with van der Waals surface area (Å²) >= 11 is 0. The van der Waals surface area contributed by atoms with Crippen molar-refractivity contribution in [2.24, 2.45) is 0 Å². The third-order valence-electron chi connectivity index (χ3n) is 3.93. The van der Waals surface area contributed by atoms with Gasteiger partial charge >= 0.3 is 0 Å². The van der Waals surface area contributed by atoms with Crippen molar-refractivity contribution in [2.75, 3.05) is 0 Å². The van der Waals surface area contributed by atoms with Crippen LogP contribution in [0.2, 0.25) is 0 Å². The molecule has 0 saturated carbocycles. The topological polar surface area (TPSA) is 20.2 Å². The van der Waals surface area contributed by atoms with E-state index in [-0.39, 0.29) is 0 Å². The summed E-state index contributed by atoms with van der Waals surface area (Å²) in [4.78, 5) is 0. The molecule has 0 fully saturated rings. The van der Waals surface area contributed by atoms with Gasteiger partial charge in [-0.15, -0.1) is 5.73 Å². The first-order valence-corrected chi connectivity index (χ1v) is 7.84. The summed E-state index contributed by atoms with van der Waals surface area (Å²) in [5.41, 5.74) is 4.84. The van der Waals surface area contributed by atoms with Gasteiger partial charge in [0.25, 0.3) is 0 Å². The van der Waals surface area contributed by atoms with Crippen LogP contribution < -0.4 is 0 Å². The van der Waals surface area contributed by atoms with E-state index >= 15 is 0 Å². The van der Waals surface area contributed by atoms with Gasteiger partial charge in [-0.3, -0.25) is 0 Å². The van der Waals surface area contributed by atoms with Gasteiger partial charge < -0.3 is 5.11 Å². The molecule has 0 amide bonds. The number of rotatable bonds is 7. The van der Waals surface area contributed by atoms with Crippen molar-refractivity contribution >= 4 is 16.3 Å². The van der Waals surface area contributed by atoms with E-state index in [1.165, 1.54) is 24.6 Å². The highest BCUT2D eigenvalue weighted by molar-refractivity contribution is 5.94. The van der Waals surface area contributed by atoms with Gasteiger partial charge in [-0.05, 0) is 22.8 Å². The molecule has 21 heavy (non-hydrogen) atoms. The summed E-state index contributed by atoms with van der Waals surface area (Å²) in [6, 6.07) is 14.4. The average molecular weight is 280 g/mol. The lowest BCUT2D eigenvalue weighted by atomic mass is 9.93. The van der Waals surface area contributed by atoms with Gasteiger partial charge in [-0.2, -0.15) is 0 Å². The van der Waals surface area contributed by atoms with Crippen molar-refractivity contribution in [3.8, 4) is 0 Å². The Bertz CT molecular complexity index is 630. The van der Waals surface area contributed by atoms with E-state index < -0.39 is 6.10 Å². The molecular weight excluding hydrogens is 256 g/mol. The van der Waals surface area contributed by atoms with E-state index in [9.17, 15) is 5.11 Å². The van der Waals surface area contributed by atoms with E-state index in [0.29, 0.717) is 0 Å². The maximum absolute atomic E-state index is 10.5. The SMILES string of the molecule is C=C=C(c1cccc2ccccc12)C(O)CCCCCC. The lowest BCUT2D eigenvalue weighted by molar-refractivity contribution is 0.217. The minimum absolute atomic E-state index is 0.481. The maximum Gasteiger partial charge on any atom is 0.0867 e. The van der Waals surface area contributed by atoms with Crippen molar-refractivity contribution in [2.45, 2.75) is 45.1 Å². The van der Waals surface area contributed by atoms with Crippen LogP contribution in [-0.4, -0.2) is 11.2 Å². The van der Waals surface area contributed by atoms with Gasteiger partial charge in [0.1, 0.15) is 0 Å². The second-order valence-corrected chi connectivity index (χ2v) is 5.48. The molecule has 110 valence electrons. The maximum atomic E-state index is 10.5. The second-order valence-electron chi connectivity index (χ2n) is 5.48. The third kappa shape index (κ3) is 3.85. The second kappa shape index (κ2) is 7.83. The molecule has 1 nitrogen and oxygen atoms in total. The Balaban J connectivity index is 2.22. The van der Waals surface area contributed by atoms with Crippen LogP contribution in [0.5, 0.6) is 0 Å². The van der Waals surface area contributed by atoms with Gasteiger partial charge in [0.05, 0.1) is 6.10 Å². The summed E-state index contributed by atoms with van der Waals surface area (Å²) < 4.78 is 0. The molecule has 0 spiro atoms. The predicted molar refractivity (Wildman–Crippen MR) is 91.3 cm³/mol. The minimum atomic E-state index is -0.481. The van der Waals surface area contributed by atoms with Crippen LogP contribution in [0.15, 0.2) is 54.8 Å². The van der Waals surface area contributed by atoms with Crippen molar-refractivity contribution in [1.29, 1.82) is 0 Å². The summed E-state index contributed by atoms with van der Waals surface area (Å²) in [5, 5.41) is 12.8. The summed E-state index contributed by atoms with van der Waals surface area (Å²) in [7, 11) is 0. The number of aliphatic hydroxyl groups is 1. The number of hydrogen-bond donors (Lipinski definition) is 1. The van der Waals surface area contributed by atoms with E-state index in [1.54, 1.807) is 0 Å². The van der Waals surface area contributed by atoms with Crippen molar-refractivity contribution in [1.82, 2.24) is 0 Å². The molecule has 0 aliphatic carbocycles. The fourth-order valence-corrected chi connectivity index (χ4v) is 2.76. The van der Waals surface area contributed by atoms with E-state index in [1.807, 2.05) is 24.3 Å². The molecule has 2 aromatic rings. The smallest absolute Gasteiger partial charge is 0.0867 e. The Morgan fingerprint density at radius 3 is 2.62 bits per heavy atom. The highest BCUT2D eigenvalue weighted by atomic mass is 16.3. The molecule has 2 rings (SSSR count). The molecule has 0 radical (unpaired) electrons. The van der Waals surface area contributed by atoms with E-state index in [4.69, 9.17) is 0 Å². The Labute approximate surface area is 127 Å². The largest absolute Gasteiger partial charge is 0.388 e. The molecule has 1 N–H and O–H groups in total. The van der Waals surface area contributed by atoms with Crippen molar-refractivity contribution in [3.05, 3.63) is 60.3 Å².